The van der Waals surface area contributed by atoms with Crippen LogP contribution in [0.2, 0.25) is 0 Å². The summed E-state index contributed by atoms with van der Waals surface area (Å²) in [5.74, 6) is 0.846. The Labute approximate surface area is 175 Å². The molecule has 0 aliphatic heterocycles. The van der Waals surface area contributed by atoms with Crippen molar-refractivity contribution >= 4 is 29.9 Å². The monoisotopic (exact) mass is 466 g/mol. The van der Waals surface area contributed by atoms with Gasteiger partial charge in [0.1, 0.15) is 0 Å². The smallest absolute Gasteiger partial charge is 0.192 e. The fraction of sp³-hybridized carbons (Fsp3) is 0.381. The molecule has 0 heterocycles. The molecule has 0 aromatic heterocycles. The fourth-order valence-electron chi connectivity index (χ4n) is 2.72. The predicted molar refractivity (Wildman–Crippen MR) is 122 cm³/mol. The van der Waals surface area contributed by atoms with E-state index in [9.17, 15) is 0 Å². The fourth-order valence-corrected chi connectivity index (χ4v) is 2.72. The van der Waals surface area contributed by atoms with Crippen LogP contribution in [0.1, 0.15) is 36.6 Å². The van der Waals surface area contributed by atoms with Gasteiger partial charge in [-0.3, -0.25) is 0 Å². The van der Waals surface area contributed by atoms with Crippen molar-refractivity contribution < 1.29 is 0 Å². The maximum absolute atomic E-state index is 4.79. The average molecular weight is 466 g/mol. The lowest BCUT2D eigenvalue weighted by Gasteiger charge is -2.18. The van der Waals surface area contributed by atoms with Crippen molar-refractivity contribution in [1.82, 2.24) is 15.5 Å². The first kappa shape index (κ1) is 22.4. The van der Waals surface area contributed by atoms with E-state index in [1.54, 1.807) is 0 Å². The molecule has 0 saturated carbocycles. The van der Waals surface area contributed by atoms with E-state index in [0.29, 0.717) is 6.54 Å². The third kappa shape index (κ3) is 7.33. The molecule has 0 bridgehead atoms. The van der Waals surface area contributed by atoms with Crippen LogP contribution in [0.3, 0.4) is 0 Å². The summed E-state index contributed by atoms with van der Waals surface area (Å²) in [6.07, 6.45) is 0. The van der Waals surface area contributed by atoms with E-state index in [2.05, 4.69) is 92.0 Å². The van der Waals surface area contributed by atoms with Gasteiger partial charge >= 0.3 is 0 Å². The molecule has 0 fully saturated rings. The van der Waals surface area contributed by atoms with Gasteiger partial charge in [-0.05, 0) is 44.6 Å². The van der Waals surface area contributed by atoms with Crippen LogP contribution in [0.4, 0.5) is 0 Å². The van der Waals surface area contributed by atoms with Gasteiger partial charge in [-0.1, -0.05) is 54.6 Å². The number of rotatable bonds is 7. The van der Waals surface area contributed by atoms with Gasteiger partial charge in [0.15, 0.2) is 5.96 Å². The van der Waals surface area contributed by atoms with E-state index in [1.165, 1.54) is 16.7 Å². The number of nitrogens with zero attached hydrogens (tertiary/aromatic N) is 2. The molecule has 0 aliphatic carbocycles. The lowest BCUT2D eigenvalue weighted by Crippen LogP contribution is -2.38. The van der Waals surface area contributed by atoms with Gasteiger partial charge in [0.2, 0.25) is 0 Å². The van der Waals surface area contributed by atoms with Crippen molar-refractivity contribution in [3.05, 3.63) is 71.3 Å². The minimum absolute atomic E-state index is 0. The van der Waals surface area contributed by atoms with Crippen LogP contribution in [0.25, 0.3) is 0 Å². The third-order valence-corrected chi connectivity index (χ3v) is 4.01. The second-order valence-electron chi connectivity index (χ2n) is 6.48. The molecule has 2 aromatic rings. The first-order valence-electron chi connectivity index (χ1n) is 8.91. The lowest BCUT2D eigenvalue weighted by atomic mass is 10.1. The molecule has 4 nitrogen and oxygen atoms in total. The first-order valence-corrected chi connectivity index (χ1v) is 8.91. The topological polar surface area (TPSA) is 39.7 Å². The van der Waals surface area contributed by atoms with E-state index in [-0.39, 0.29) is 30.0 Å². The number of nitrogens with one attached hydrogen (secondary N) is 2. The van der Waals surface area contributed by atoms with Gasteiger partial charge in [-0.2, -0.15) is 0 Å². The van der Waals surface area contributed by atoms with Crippen molar-refractivity contribution in [3.8, 4) is 0 Å². The summed E-state index contributed by atoms with van der Waals surface area (Å²) in [4.78, 5) is 6.98. The van der Waals surface area contributed by atoms with Crippen molar-refractivity contribution in [2.45, 2.75) is 33.0 Å². The molecule has 2 rings (SSSR count). The van der Waals surface area contributed by atoms with Crippen molar-refractivity contribution in [2.75, 3.05) is 20.6 Å². The molecule has 2 aromatic carbocycles. The molecule has 0 aliphatic rings. The molecule has 0 amide bonds. The standard InChI is InChI=1S/C21H30N4.HI/c1-5-22-21(24-17(2)18-11-7-6-8-12-18)23-15-19-13-9-10-14-20(19)16-25(3)4;/h6-14,17H,5,15-16H2,1-4H3,(H2,22,23,24);1H. The Morgan fingerprint density at radius 3 is 2.23 bits per heavy atom. The molecule has 1 unspecified atom stereocenters. The Kier molecular flexibility index (Phi) is 10.3. The quantitative estimate of drug-likeness (QED) is 0.366. The lowest BCUT2D eigenvalue weighted by molar-refractivity contribution is 0.401. The van der Waals surface area contributed by atoms with E-state index in [0.717, 1.165) is 19.0 Å². The summed E-state index contributed by atoms with van der Waals surface area (Å²) in [7, 11) is 4.18. The Hall–Kier alpha value is -1.60. The van der Waals surface area contributed by atoms with Crippen LogP contribution in [0.15, 0.2) is 59.6 Å². The zero-order chi connectivity index (χ0) is 18.1. The molecule has 142 valence electrons. The molecular weight excluding hydrogens is 435 g/mol. The van der Waals surface area contributed by atoms with Gasteiger partial charge < -0.3 is 15.5 Å². The zero-order valence-electron chi connectivity index (χ0n) is 16.2. The maximum Gasteiger partial charge on any atom is 0.192 e. The molecule has 0 radical (unpaired) electrons. The molecule has 5 heteroatoms. The number of halogens is 1. The average Bonchev–Trinajstić information content (AvgIpc) is 2.61. The summed E-state index contributed by atoms with van der Waals surface area (Å²) in [6.45, 7) is 6.68. The van der Waals surface area contributed by atoms with Crippen molar-refractivity contribution in [1.29, 1.82) is 0 Å². The highest BCUT2D eigenvalue weighted by atomic mass is 127. The Morgan fingerprint density at radius 2 is 1.62 bits per heavy atom. The summed E-state index contributed by atoms with van der Waals surface area (Å²) in [5.41, 5.74) is 3.84. The Balaban J connectivity index is 0.00000338. The summed E-state index contributed by atoms with van der Waals surface area (Å²) in [5, 5.41) is 6.84. The highest BCUT2D eigenvalue weighted by molar-refractivity contribution is 14.0. The van der Waals surface area contributed by atoms with Gasteiger partial charge in [0.05, 0.1) is 12.6 Å². The molecule has 0 spiro atoms. The second kappa shape index (κ2) is 11.9. The molecule has 26 heavy (non-hydrogen) atoms. The van der Waals surface area contributed by atoms with Crippen molar-refractivity contribution in [2.24, 2.45) is 4.99 Å². The van der Waals surface area contributed by atoms with Gasteiger partial charge in [0, 0.05) is 13.1 Å². The number of benzene rings is 2. The van der Waals surface area contributed by atoms with E-state index in [1.807, 2.05) is 6.07 Å². The van der Waals surface area contributed by atoms with Crippen LogP contribution >= 0.6 is 24.0 Å². The number of hydrogen-bond acceptors (Lipinski definition) is 2. The highest BCUT2D eigenvalue weighted by Crippen LogP contribution is 2.13. The summed E-state index contributed by atoms with van der Waals surface area (Å²) in [6, 6.07) is 19.1. The molecule has 1 atom stereocenters. The van der Waals surface area contributed by atoms with E-state index in [4.69, 9.17) is 4.99 Å². The Bertz CT molecular complexity index is 671. The van der Waals surface area contributed by atoms with Crippen LogP contribution in [0, 0.1) is 0 Å². The van der Waals surface area contributed by atoms with Gasteiger partial charge in [-0.15, -0.1) is 24.0 Å². The highest BCUT2D eigenvalue weighted by Gasteiger charge is 2.08. The number of aliphatic imine (C=N–C) groups is 1. The number of hydrogen-bond donors (Lipinski definition) is 2. The second-order valence-corrected chi connectivity index (χ2v) is 6.48. The van der Waals surface area contributed by atoms with Crippen LogP contribution < -0.4 is 10.6 Å². The SMILES string of the molecule is CCNC(=NCc1ccccc1CN(C)C)NC(C)c1ccccc1.I. The molecule has 2 N–H and O–H groups in total. The van der Waals surface area contributed by atoms with Crippen LogP contribution in [-0.2, 0) is 13.1 Å². The van der Waals surface area contributed by atoms with Gasteiger partial charge in [-0.25, -0.2) is 4.99 Å². The molecular formula is C21H31IN4. The zero-order valence-corrected chi connectivity index (χ0v) is 18.5. The minimum Gasteiger partial charge on any atom is -0.357 e. The number of guanidine groups is 1. The molecule has 0 saturated heterocycles. The minimum atomic E-state index is 0. The normalized spacial score (nSPS) is 12.4. The summed E-state index contributed by atoms with van der Waals surface area (Å²) >= 11 is 0. The third-order valence-electron chi connectivity index (χ3n) is 4.01. The largest absolute Gasteiger partial charge is 0.357 e. The van der Waals surface area contributed by atoms with Crippen LogP contribution in [-0.4, -0.2) is 31.5 Å². The van der Waals surface area contributed by atoms with Crippen LogP contribution in [0.5, 0.6) is 0 Å². The first-order chi connectivity index (χ1) is 12.1. The maximum atomic E-state index is 4.79. The van der Waals surface area contributed by atoms with E-state index >= 15 is 0 Å². The van der Waals surface area contributed by atoms with Crippen molar-refractivity contribution in [3.63, 3.8) is 0 Å². The van der Waals surface area contributed by atoms with E-state index < -0.39 is 0 Å². The predicted octanol–water partition coefficient (Wildman–Crippen LogP) is 4.18. The summed E-state index contributed by atoms with van der Waals surface area (Å²) < 4.78 is 0. The van der Waals surface area contributed by atoms with Gasteiger partial charge in [0.25, 0.3) is 0 Å². The Morgan fingerprint density at radius 1 is 1.00 bits per heavy atom.